The molecule has 0 bridgehead atoms. The Kier molecular flexibility index (Phi) is 3.09. The van der Waals surface area contributed by atoms with Crippen LogP contribution in [-0.2, 0) is 0 Å². The van der Waals surface area contributed by atoms with Gasteiger partial charge in [0.05, 0.1) is 5.57 Å². The third-order valence-electron chi connectivity index (χ3n) is 3.26. The lowest BCUT2D eigenvalue weighted by atomic mass is 10.0. The molecular weight excluding hydrogens is 277 g/mol. The number of halogens is 3. The molecule has 0 unspecified atom stereocenters. The Morgan fingerprint density at radius 3 is 2.43 bits per heavy atom. The van der Waals surface area contributed by atoms with Gasteiger partial charge < -0.3 is 4.42 Å². The molecule has 0 aliphatic heterocycles. The minimum Gasteiger partial charge on any atom is -0.456 e. The number of hydrogen-bond donors (Lipinski definition) is 0. The summed E-state index contributed by atoms with van der Waals surface area (Å²) in [7, 11) is 0. The van der Waals surface area contributed by atoms with Crippen molar-refractivity contribution in [3.05, 3.63) is 66.7 Å². The summed E-state index contributed by atoms with van der Waals surface area (Å²) in [5.41, 5.74) is 0.475. The fourth-order valence-electron chi connectivity index (χ4n) is 2.15. The van der Waals surface area contributed by atoms with Crippen molar-refractivity contribution < 1.29 is 17.6 Å². The summed E-state index contributed by atoms with van der Waals surface area (Å²) in [6.07, 6.45) is -4.44. The van der Waals surface area contributed by atoms with Crippen LogP contribution in [-0.4, -0.2) is 6.18 Å². The largest absolute Gasteiger partial charge is 0.456 e. The predicted molar refractivity (Wildman–Crippen MR) is 76.7 cm³/mol. The molecule has 1 aromatic heterocycles. The van der Waals surface area contributed by atoms with Gasteiger partial charge in [0.15, 0.2) is 0 Å². The molecule has 0 saturated heterocycles. The number of para-hydroxylation sites is 1. The van der Waals surface area contributed by atoms with Crippen LogP contribution in [0.15, 0.2) is 65.6 Å². The monoisotopic (exact) mass is 288 g/mol. The number of fused-ring (bicyclic) bond motifs is 1. The van der Waals surface area contributed by atoms with Gasteiger partial charge in [0.2, 0.25) is 0 Å². The van der Waals surface area contributed by atoms with Crippen molar-refractivity contribution in [3.8, 4) is 11.3 Å². The molecule has 21 heavy (non-hydrogen) atoms. The molecule has 0 fully saturated rings. The van der Waals surface area contributed by atoms with Gasteiger partial charge in [0, 0.05) is 10.9 Å². The number of furan rings is 1. The number of alkyl halides is 3. The maximum absolute atomic E-state index is 12.7. The van der Waals surface area contributed by atoms with E-state index in [1.807, 2.05) is 30.3 Å². The van der Waals surface area contributed by atoms with Crippen molar-refractivity contribution in [2.45, 2.75) is 6.18 Å². The van der Waals surface area contributed by atoms with E-state index in [0.717, 1.165) is 5.39 Å². The molecule has 0 aliphatic rings. The van der Waals surface area contributed by atoms with Crippen LogP contribution >= 0.6 is 0 Å². The lowest BCUT2D eigenvalue weighted by molar-refractivity contribution is -0.0686. The van der Waals surface area contributed by atoms with Gasteiger partial charge in [-0.05, 0) is 23.8 Å². The highest BCUT2D eigenvalue weighted by atomic mass is 19.4. The Labute approximate surface area is 119 Å². The summed E-state index contributed by atoms with van der Waals surface area (Å²) in [6, 6.07) is 15.3. The third kappa shape index (κ3) is 2.57. The van der Waals surface area contributed by atoms with E-state index in [-0.39, 0.29) is 5.56 Å². The normalized spacial score (nSPS) is 11.8. The van der Waals surface area contributed by atoms with Gasteiger partial charge in [0.25, 0.3) is 0 Å². The summed E-state index contributed by atoms with van der Waals surface area (Å²) in [5.74, 6) is 0.535. The van der Waals surface area contributed by atoms with Crippen LogP contribution in [0.1, 0.15) is 5.56 Å². The van der Waals surface area contributed by atoms with Crippen LogP contribution in [0.5, 0.6) is 0 Å². The average molecular weight is 288 g/mol. The number of benzene rings is 2. The minimum absolute atomic E-state index is 0.0421. The van der Waals surface area contributed by atoms with Gasteiger partial charge in [-0.3, -0.25) is 0 Å². The van der Waals surface area contributed by atoms with Crippen LogP contribution < -0.4 is 0 Å². The quantitative estimate of drug-likeness (QED) is 0.591. The predicted octanol–water partition coefficient (Wildman–Crippen LogP) is 5.68. The molecule has 1 heterocycles. The van der Waals surface area contributed by atoms with Crippen LogP contribution in [0, 0.1) is 0 Å². The SMILES string of the molecule is C=C(c1cccc(-c2cc3ccccc3o2)c1)C(F)(F)F. The van der Waals surface area contributed by atoms with Crippen molar-refractivity contribution in [3.63, 3.8) is 0 Å². The Morgan fingerprint density at radius 1 is 0.952 bits per heavy atom. The molecule has 0 amide bonds. The van der Waals surface area contributed by atoms with E-state index in [2.05, 4.69) is 6.58 Å². The Bertz CT molecular complexity index is 779. The summed E-state index contributed by atoms with van der Waals surface area (Å²) in [4.78, 5) is 0. The maximum Gasteiger partial charge on any atom is 0.416 e. The molecule has 3 rings (SSSR count). The van der Waals surface area contributed by atoms with E-state index < -0.39 is 11.7 Å². The van der Waals surface area contributed by atoms with Crippen molar-refractivity contribution in [2.24, 2.45) is 0 Å². The van der Waals surface area contributed by atoms with Crippen LogP contribution in [0.2, 0.25) is 0 Å². The molecular formula is C17H11F3O. The summed E-state index contributed by atoms with van der Waals surface area (Å²) in [6.45, 7) is 3.12. The second-order valence-corrected chi connectivity index (χ2v) is 4.71. The van der Waals surface area contributed by atoms with Crippen LogP contribution in [0.25, 0.3) is 27.9 Å². The highest BCUT2D eigenvalue weighted by Gasteiger charge is 2.32. The third-order valence-corrected chi connectivity index (χ3v) is 3.26. The smallest absolute Gasteiger partial charge is 0.416 e. The van der Waals surface area contributed by atoms with Crippen LogP contribution in [0.3, 0.4) is 0 Å². The second kappa shape index (κ2) is 4.81. The first kappa shape index (κ1) is 13.5. The van der Waals surface area contributed by atoms with E-state index in [1.54, 1.807) is 12.1 Å². The first-order valence-corrected chi connectivity index (χ1v) is 6.30. The van der Waals surface area contributed by atoms with Gasteiger partial charge in [0.1, 0.15) is 11.3 Å². The van der Waals surface area contributed by atoms with Gasteiger partial charge in [-0.25, -0.2) is 0 Å². The molecule has 0 atom stereocenters. The first-order valence-electron chi connectivity index (χ1n) is 6.30. The maximum atomic E-state index is 12.7. The highest BCUT2D eigenvalue weighted by Crippen LogP contribution is 2.35. The highest BCUT2D eigenvalue weighted by molar-refractivity contribution is 5.83. The molecule has 106 valence electrons. The zero-order chi connectivity index (χ0) is 15.0. The molecule has 3 aromatic rings. The molecule has 0 saturated carbocycles. The zero-order valence-electron chi connectivity index (χ0n) is 10.9. The van der Waals surface area contributed by atoms with Gasteiger partial charge in [-0.15, -0.1) is 0 Å². The molecule has 2 aromatic carbocycles. The molecule has 0 spiro atoms. The van der Waals surface area contributed by atoms with Gasteiger partial charge in [-0.1, -0.05) is 43.0 Å². The average Bonchev–Trinajstić information content (AvgIpc) is 2.89. The fourth-order valence-corrected chi connectivity index (χ4v) is 2.15. The van der Waals surface area contributed by atoms with Crippen molar-refractivity contribution >= 4 is 16.5 Å². The number of rotatable bonds is 2. The van der Waals surface area contributed by atoms with Gasteiger partial charge in [-0.2, -0.15) is 13.2 Å². The summed E-state index contributed by atoms with van der Waals surface area (Å²) < 4.78 is 43.8. The van der Waals surface area contributed by atoms with E-state index in [4.69, 9.17) is 4.42 Å². The Morgan fingerprint density at radius 2 is 1.71 bits per heavy atom. The Balaban J connectivity index is 2.05. The number of allylic oxidation sites excluding steroid dienone is 1. The minimum atomic E-state index is -4.44. The standard InChI is InChI=1S/C17H11F3O/c1-11(17(18,19)20)12-6-4-7-13(9-12)16-10-14-5-2-3-8-15(14)21-16/h2-10H,1H2. The molecule has 0 N–H and O–H groups in total. The summed E-state index contributed by atoms with van der Waals surface area (Å²) in [5, 5.41) is 0.910. The van der Waals surface area contributed by atoms with Crippen molar-refractivity contribution in [1.82, 2.24) is 0 Å². The molecule has 0 radical (unpaired) electrons. The van der Waals surface area contributed by atoms with Gasteiger partial charge >= 0.3 is 6.18 Å². The van der Waals surface area contributed by atoms with Crippen molar-refractivity contribution in [1.29, 1.82) is 0 Å². The molecule has 1 nitrogen and oxygen atoms in total. The van der Waals surface area contributed by atoms with E-state index in [0.29, 0.717) is 16.9 Å². The molecule has 4 heteroatoms. The van der Waals surface area contributed by atoms with Crippen molar-refractivity contribution in [2.75, 3.05) is 0 Å². The van der Waals surface area contributed by atoms with Crippen LogP contribution in [0.4, 0.5) is 13.2 Å². The fraction of sp³-hybridized carbons (Fsp3) is 0.0588. The van der Waals surface area contributed by atoms with E-state index in [1.165, 1.54) is 12.1 Å². The van der Waals surface area contributed by atoms with E-state index in [9.17, 15) is 13.2 Å². The molecule has 0 aliphatic carbocycles. The lowest BCUT2D eigenvalue weighted by Crippen LogP contribution is -2.09. The second-order valence-electron chi connectivity index (χ2n) is 4.71. The topological polar surface area (TPSA) is 13.1 Å². The number of hydrogen-bond acceptors (Lipinski definition) is 1. The first-order chi connectivity index (χ1) is 9.95. The zero-order valence-corrected chi connectivity index (χ0v) is 10.9. The summed E-state index contributed by atoms with van der Waals surface area (Å²) >= 11 is 0. The lowest BCUT2D eigenvalue weighted by Gasteiger charge is -2.10. The Hall–Kier alpha value is -2.49. The van der Waals surface area contributed by atoms with E-state index >= 15 is 0 Å².